The van der Waals surface area contributed by atoms with E-state index in [2.05, 4.69) is 29.4 Å². The van der Waals surface area contributed by atoms with Crippen molar-refractivity contribution in [1.29, 1.82) is 0 Å². The van der Waals surface area contributed by atoms with Gasteiger partial charge in [0.2, 0.25) is 5.91 Å². The van der Waals surface area contributed by atoms with Crippen molar-refractivity contribution >= 4 is 17.7 Å². The molecule has 1 amide bonds. The Bertz CT molecular complexity index is 418. The number of hydrogen-bond donors (Lipinski definition) is 2. The van der Waals surface area contributed by atoms with Gasteiger partial charge in [0.05, 0.1) is 18.2 Å². The first-order valence-electron chi connectivity index (χ1n) is 8.99. The van der Waals surface area contributed by atoms with Crippen LogP contribution in [0.5, 0.6) is 0 Å². The van der Waals surface area contributed by atoms with Gasteiger partial charge in [0.1, 0.15) is 0 Å². The standard InChI is InChI=1S/C17H31N3O2S/c1-16(2)12-20(8-9-22-16)17(6-4-3-5-7-17)11-18-15(21)14-10-23-13-19-14/h14,19H,3-13H2,1-2H3,(H,18,21)/t14-/m1/s1. The van der Waals surface area contributed by atoms with E-state index in [0.717, 1.165) is 37.9 Å². The lowest BCUT2D eigenvalue weighted by Gasteiger charge is -2.51. The number of thioether (sulfide) groups is 1. The Morgan fingerprint density at radius 3 is 2.78 bits per heavy atom. The Balaban J connectivity index is 1.65. The molecule has 6 heteroatoms. The summed E-state index contributed by atoms with van der Waals surface area (Å²) in [5, 5.41) is 6.53. The van der Waals surface area contributed by atoms with Gasteiger partial charge in [0.15, 0.2) is 0 Å². The van der Waals surface area contributed by atoms with E-state index in [1.165, 1.54) is 32.1 Å². The predicted octanol–water partition coefficient (Wildman–Crippen LogP) is 1.58. The number of carbonyl (C=O) groups excluding carboxylic acids is 1. The number of carbonyl (C=O) groups is 1. The second-order valence-electron chi connectivity index (χ2n) is 7.80. The molecule has 0 radical (unpaired) electrons. The fourth-order valence-electron chi connectivity index (χ4n) is 4.17. The second-order valence-corrected chi connectivity index (χ2v) is 8.83. The van der Waals surface area contributed by atoms with E-state index in [0.29, 0.717) is 0 Å². The van der Waals surface area contributed by atoms with Gasteiger partial charge in [-0.15, -0.1) is 11.8 Å². The summed E-state index contributed by atoms with van der Waals surface area (Å²) in [7, 11) is 0. The van der Waals surface area contributed by atoms with Crippen molar-refractivity contribution < 1.29 is 9.53 Å². The van der Waals surface area contributed by atoms with Crippen LogP contribution in [0.2, 0.25) is 0 Å². The minimum atomic E-state index is -0.0870. The fourth-order valence-corrected chi connectivity index (χ4v) is 5.12. The first-order valence-corrected chi connectivity index (χ1v) is 10.1. The summed E-state index contributed by atoms with van der Waals surface area (Å²) in [4.78, 5) is 15.0. The normalized spacial score (nSPS) is 31.0. The molecular weight excluding hydrogens is 310 g/mol. The Labute approximate surface area is 144 Å². The van der Waals surface area contributed by atoms with Crippen molar-refractivity contribution in [3.8, 4) is 0 Å². The van der Waals surface area contributed by atoms with Crippen LogP contribution in [0.25, 0.3) is 0 Å². The Morgan fingerprint density at radius 2 is 2.13 bits per heavy atom. The third-order valence-corrected chi connectivity index (χ3v) is 6.45. The predicted molar refractivity (Wildman–Crippen MR) is 94.7 cm³/mol. The molecule has 0 bridgehead atoms. The van der Waals surface area contributed by atoms with Crippen molar-refractivity contribution in [1.82, 2.24) is 15.5 Å². The van der Waals surface area contributed by atoms with E-state index in [9.17, 15) is 4.79 Å². The fraction of sp³-hybridized carbons (Fsp3) is 0.941. The maximum absolute atomic E-state index is 12.4. The Hall–Kier alpha value is -0.300. The number of hydrogen-bond acceptors (Lipinski definition) is 5. The summed E-state index contributed by atoms with van der Waals surface area (Å²) < 4.78 is 5.90. The number of ether oxygens (including phenoxy) is 1. The highest BCUT2D eigenvalue weighted by Crippen LogP contribution is 2.36. The van der Waals surface area contributed by atoms with Gasteiger partial charge in [0.25, 0.3) is 0 Å². The van der Waals surface area contributed by atoms with Crippen molar-refractivity contribution in [2.45, 2.75) is 63.1 Å². The third kappa shape index (κ3) is 4.21. The smallest absolute Gasteiger partial charge is 0.238 e. The van der Waals surface area contributed by atoms with Crippen LogP contribution >= 0.6 is 11.8 Å². The number of amides is 1. The molecule has 0 aromatic heterocycles. The highest BCUT2D eigenvalue weighted by molar-refractivity contribution is 7.99. The molecule has 2 aliphatic heterocycles. The molecule has 0 unspecified atom stereocenters. The van der Waals surface area contributed by atoms with Crippen LogP contribution in [-0.4, -0.2) is 65.9 Å². The van der Waals surface area contributed by atoms with E-state index >= 15 is 0 Å². The molecule has 1 atom stereocenters. The molecule has 1 saturated carbocycles. The SMILES string of the molecule is CC1(C)CN(C2(CNC(=O)[C@H]3CSCN3)CCCCC2)CCO1. The minimum Gasteiger partial charge on any atom is -0.373 e. The van der Waals surface area contributed by atoms with Gasteiger partial charge in [-0.1, -0.05) is 19.3 Å². The Kier molecular flexibility index (Phi) is 5.56. The average Bonchev–Trinajstić information content (AvgIpc) is 3.07. The van der Waals surface area contributed by atoms with Crippen LogP contribution in [0, 0.1) is 0 Å². The van der Waals surface area contributed by atoms with E-state index < -0.39 is 0 Å². The number of nitrogens with zero attached hydrogens (tertiary/aromatic N) is 1. The average molecular weight is 342 g/mol. The summed E-state index contributed by atoms with van der Waals surface area (Å²) >= 11 is 1.80. The molecule has 132 valence electrons. The van der Waals surface area contributed by atoms with Crippen LogP contribution in [-0.2, 0) is 9.53 Å². The minimum absolute atomic E-state index is 0.0122. The van der Waals surface area contributed by atoms with Gasteiger partial charge in [-0.2, -0.15) is 0 Å². The van der Waals surface area contributed by atoms with E-state index in [-0.39, 0.29) is 23.1 Å². The molecule has 23 heavy (non-hydrogen) atoms. The maximum atomic E-state index is 12.4. The molecule has 2 saturated heterocycles. The van der Waals surface area contributed by atoms with Gasteiger partial charge >= 0.3 is 0 Å². The molecule has 0 spiro atoms. The van der Waals surface area contributed by atoms with E-state index in [1.807, 2.05) is 0 Å². The summed E-state index contributed by atoms with van der Waals surface area (Å²) in [6.07, 6.45) is 6.24. The van der Waals surface area contributed by atoms with Gasteiger partial charge in [-0.3, -0.25) is 15.0 Å². The molecule has 3 rings (SSSR count). The first-order chi connectivity index (χ1) is 11.0. The summed E-state index contributed by atoms with van der Waals surface area (Å²) in [6.45, 7) is 7.87. The molecular formula is C17H31N3O2S. The van der Waals surface area contributed by atoms with Crippen LogP contribution in [0.15, 0.2) is 0 Å². The van der Waals surface area contributed by atoms with Gasteiger partial charge in [-0.05, 0) is 26.7 Å². The lowest BCUT2D eigenvalue weighted by atomic mass is 9.79. The highest BCUT2D eigenvalue weighted by atomic mass is 32.2. The van der Waals surface area contributed by atoms with Crippen LogP contribution < -0.4 is 10.6 Å². The van der Waals surface area contributed by atoms with E-state index in [4.69, 9.17) is 4.74 Å². The van der Waals surface area contributed by atoms with Crippen LogP contribution in [0.1, 0.15) is 46.0 Å². The zero-order valence-corrected chi connectivity index (χ0v) is 15.3. The van der Waals surface area contributed by atoms with Gasteiger partial charge in [-0.25, -0.2) is 0 Å². The quantitative estimate of drug-likeness (QED) is 0.813. The van der Waals surface area contributed by atoms with Crippen LogP contribution in [0.4, 0.5) is 0 Å². The summed E-state index contributed by atoms with van der Waals surface area (Å²) in [5.74, 6) is 1.96. The summed E-state index contributed by atoms with van der Waals surface area (Å²) in [6, 6.07) is -0.0122. The Morgan fingerprint density at radius 1 is 1.35 bits per heavy atom. The van der Waals surface area contributed by atoms with Crippen molar-refractivity contribution in [3.05, 3.63) is 0 Å². The lowest BCUT2D eigenvalue weighted by molar-refractivity contribution is -0.130. The van der Waals surface area contributed by atoms with Gasteiger partial charge < -0.3 is 10.1 Å². The third-order valence-electron chi connectivity index (χ3n) is 5.51. The van der Waals surface area contributed by atoms with Crippen molar-refractivity contribution in [3.63, 3.8) is 0 Å². The van der Waals surface area contributed by atoms with Crippen molar-refractivity contribution in [2.24, 2.45) is 0 Å². The zero-order chi connectivity index (χ0) is 16.3. The first kappa shape index (κ1) is 17.5. The molecule has 2 heterocycles. The monoisotopic (exact) mass is 341 g/mol. The number of rotatable bonds is 4. The second kappa shape index (κ2) is 7.30. The molecule has 2 N–H and O–H groups in total. The summed E-state index contributed by atoms with van der Waals surface area (Å²) in [5.41, 5.74) is 0.0388. The highest BCUT2D eigenvalue weighted by Gasteiger charge is 2.42. The largest absolute Gasteiger partial charge is 0.373 e. The lowest BCUT2D eigenvalue weighted by Crippen LogP contribution is -2.63. The van der Waals surface area contributed by atoms with E-state index in [1.54, 1.807) is 11.8 Å². The molecule has 0 aromatic rings. The number of nitrogens with one attached hydrogen (secondary N) is 2. The van der Waals surface area contributed by atoms with Crippen LogP contribution in [0.3, 0.4) is 0 Å². The molecule has 1 aliphatic carbocycles. The maximum Gasteiger partial charge on any atom is 0.238 e. The molecule has 3 aliphatic rings. The molecule has 3 fully saturated rings. The number of morpholine rings is 1. The zero-order valence-electron chi connectivity index (χ0n) is 14.5. The van der Waals surface area contributed by atoms with Gasteiger partial charge in [0, 0.05) is 36.8 Å². The topological polar surface area (TPSA) is 53.6 Å². The molecule has 0 aromatic carbocycles. The molecule has 5 nitrogen and oxygen atoms in total. The van der Waals surface area contributed by atoms with Crippen molar-refractivity contribution in [2.75, 3.05) is 37.9 Å².